The number of benzene rings is 1. The average Bonchev–Trinajstić information content (AvgIpc) is 2.55. The summed E-state index contributed by atoms with van der Waals surface area (Å²) in [6.45, 7) is 4.46. The van der Waals surface area contributed by atoms with Crippen molar-refractivity contribution >= 4 is 0 Å². The van der Waals surface area contributed by atoms with Crippen molar-refractivity contribution in [2.24, 2.45) is 5.92 Å². The van der Waals surface area contributed by atoms with Gasteiger partial charge in [0.25, 0.3) is 0 Å². The Morgan fingerprint density at radius 3 is 2.57 bits per heavy atom. The van der Waals surface area contributed by atoms with Gasteiger partial charge >= 0.3 is 0 Å². The van der Waals surface area contributed by atoms with E-state index in [0.29, 0.717) is 11.3 Å². The molecule has 2 aromatic rings. The fourth-order valence-corrected chi connectivity index (χ4v) is 2.89. The first-order chi connectivity index (χ1) is 11.1. The number of hydrogen-bond donors (Lipinski definition) is 0. The van der Waals surface area contributed by atoms with E-state index >= 15 is 0 Å². The van der Waals surface area contributed by atoms with Crippen molar-refractivity contribution in [3.63, 3.8) is 0 Å². The number of halogens is 2. The van der Waals surface area contributed by atoms with Crippen LogP contribution in [0.2, 0.25) is 0 Å². The predicted molar refractivity (Wildman–Crippen MR) is 91.2 cm³/mol. The number of pyridine rings is 1. The summed E-state index contributed by atoms with van der Waals surface area (Å²) in [5.41, 5.74) is 2.08. The van der Waals surface area contributed by atoms with Crippen LogP contribution in [0.3, 0.4) is 0 Å². The van der Waals surface area contributed by atoms with Gasteiger partial charge in [0, 0.05) is 17.8 Å². The molecule has 0 amide bonds. The molecule has 1 unspecified atom stereocenters. The van der Waals surface area contributed by atoms with Gasteiger partial charge in [-0.1, -0.05) is 39.5 Å². The number of nitrogens with zero attached hydrogens (tertiary/aromatic N) is 1. The molecule has 1 atom stereocenters. The highest BCUT2D eigenvalue weighted by Crippen LogP contribution is 2.24. The van der Waals surface area contributed by atoms with Crippen LogP contribution >= 0.6 is 0 Å². The summed E-state index contributed by atoms with van der Waals surface area (Å²) in [7, 11) is 0. The fourth-order valence-electron chi connectivity index (χ4n) is 2.89. The maximum Gasteiger partial charge on any atom is 0.135 e. The van der Waals surface area contributed by atoms with Crippen molar-refractivity contribution in [3.05, 3.63) is 53.7 Å². The lowest BCUT2D eigenvalue weighted by atomic mass is 9.92. The quantitative estimate of drug-likeness (QED) is 0.567. The lowest BCUT2D eigenvalue weighted by Gasteiger charge is -2.14. The molecular formula is C20H25F2N. The second-order valence-electron chi connectivity index (χ2n) is 6.13. The van der Waals surface area contributed by atoms with E-state index in [1.54, 1.807) is 6.20 Å². The SMILES string of the molecule is CCCCC(CC)CCc1ccnc(-c2ccc(F)cc2F)c1. The van der Waals surface area contributed by atoms with E-state index in [1.165, 1.54) is 37.8 Å². The molecule has 1 aromatic carbocycles. The van der Waals surface area contributed by atoms with Crippen LogP contribution in [0, 0.1) is 17.6 Å². The zero-order valence-corrected chi connectivity index (χ0v) is 14.0. The minimum atomic E-state index is -0.566. The van der Waals surface area contributed by atoms with Crippen molar-refractivity contribution in [2.75, 3.05) is 0 Å². The van der Waals surface area contributed by atoms with Gasteiger partial charge in [-0.05, 0) is 48.6 Å². The van der Waals surface area contributed by atoms with E-state index < -0.39 is 11.6 Å². The van der Waals surface area contributed by atoms with E-state index in [2.05, 4.69) is 18.8 Å². The zero-order valence-electron chi connectivity index (χ0n) is 14.0. The van der Waals surface area contributed by atoms with Crippen LogP contribution in [0.5, 0.6) is 0 Å². The van der Waals surface area contributed by atoms with Gasteiger partial charge in [-0.3, -0.25) is 4.98 Å². The summed E-state index contributed by atoms with van der Waals surface area (Å²) in [4.78, 5) is 4.23. The summed E-state index contributed by atoms with van der Waals surface area (Å²) in [5.74, 6) is -0.387. The lowest BCUT2D eigenvalue weighted by molar-refractivity contribution is 0.422. The molecule has 0 radical (unpaired) electrons. The Hall–Kier alpha value is -1.77. The predicted octanol–water partition coefficient (Wildman–Crippen LogP) is 6.18. The molecule has 1 heterocycles. The van der Waals surface area contributed by atoms with Crippen molar-refractivity contribution in [2.45, 2.75) is 52.4 Å². The van der Waals surface area contributed by atoms with Crippen LogP contribution in [-0.4, -0.2) is 4.98 Å². The van der Waals surface area contributed by atoms with Gasteiger partial charge in [-0.2, -0.15) is 0 Å². The van der Waals surface area contributed by atoms with Crippen molar-refractivity contribution < 1.29 is 8.78 Å². The van der Waals surface area contributed by atoms with E-state index in [-0.39, 0.29) is 0 Å². The van der Waals surface area contributed by atoms with Gasteiger partial charge in [-0.25, -0.2) is 8.78 Å². The first-order valence-electron chi connectivity index (χ1n) is 8.54. The number of rotatable bonds is 8. The maximum absolute atomic E-state index is 13.9. The molecule has 0 fully saturated rings. The molecule has 0 saturated heterocycles. The van der Waals surface area contributed by atoms with Crippen LogP contribution in [0.4, 0.5) is 8.78 Å². The molecule has 0 spiro atoms. The molecule has 0 aliphatic carbocycles. The van der Waals surface area contributed by atoms with Gasteiger partial charge in [0.1, 0.15) is 11.6 Å². The van der Waals surface area contributed by atoms with Gasteiger partial charge in [0.15, 0.2) is 0 Å². The summed E-state index contributed by atoms with van der Waals surface area (Å²) in [5, 5.41) is 0. The lowest BCUT2D eigenvalue weighted by Crippen LogP contribution is -2.01. The van der Waals surface area contributed by atoms with E-state index in [0.717, 1.165) is 30.4 Å². The first kappa shape index (κ1) is 17.6. The summed E-state index contributed by atoms with van der Waals surface area (Å²) in [6, 6.07) is 7.53. The van der Waals surface area contributed by atoms with Crippen molar-refractivity contribution in [1.82, 2.24) is 4.98 Å². The van der Waals surface area contributed by atoms with Gasteiger partial charge < -0.3 is 0 Å². The topological polar surface area (TPSA) is 12.9 Å². The van der Waals surface area contributed by atoms with Crippen molar-refractivity contribution in [1.29, 1.82) is 0 Å². The monoisotopic (exact) mass is 317 g/mol. The first-order valence-corrected chi connectivity index (χ1v) is 8.54. The Balaban J connectivity index is 2.07. The average molecular weight is 317 g/mol. The summed E-state index contributed by atoms with van der Waals surface area (Å²) >= 11 is 0. The molecule has 23 heavy (non-hydrogen) atoms. The van der Waals surface area contributed by atoms with Crippen LogP contribution in [-0.2, 0) is 6.42 Å². The highest BCUT2D eigenvalue weighted by Gasteiger charge is 2.10. The Morgan fingerprint density at radius 2 is 1.87 bits per heavy atom. The smallest absolute Gasteiger partial charge is 0.135 e. The second kappa shape index (κ2) is 8.76. The van der Waals surface area contributed by atoms with Crippen LogP contribution in [0.15, 0.2) is 36.5 Å². The van der Waals surface area contributed by atoms with Crippen LogP contribution in [0.1, 0.15) is 51.5 Å². The molecule has 3 heteroatoms. The fraction of sp³-hybridized carbons (Fsp3) is 0.450. The summed E-state index contributed by atoms with van der Waals surface area (Å²) < 4.78 is 26.9. The molecule has 0 bridgehead atoms. The minimum Gasteiger partial charge on any atom is -0.256 e. The Morgan fingerprint density at radius 1 is 1.04 bits per heavy atom. The molecule has 0 saturated carbocycles. The van der Waals surface area contributed by atoms with Gasteiger partial charge in [0.05, 0.1) is 5.69 Å². The molecule has 124 valence electrons. The molecule has 0 aliphatic heterocycles. The van der Waals surface area contributed by atoms with E-state index in [9.17, 15) is 8.78 Å². The number of aryl methyl sites for hydroxylation is 1. The normalized spacial score (nSPS) is 12.3. The zero-order chi connectivity index (χ0) is 16.7. The number of hydrogen-bond acceptors (Lipinski definition) is 1. The second-order valence-corrected chi connectivity index (χ2v) is 6.13. The van der Waals surface area contributed by atoms with E-state index in [1.807, 2.05) is 12.1 Å². The van der Waals surface area contributed by atoms with Crippen molar-refractivity contribution in [3.8, 4) is 11.3 Å². The maximum atomic E-state index is 13.9. The third-order valence-electron chi connectivity index (χ3n) is 4.42. The van der Waals surface area contributed by atoms with Gasteiger partial charge in [-0.15, -0.1) is 0 Å². The van der Waals surface area contributed by atoms with Crippen LogP contribution < -0.4 is 0 Å². The molecule has 1 aromatic heterocycles. The summed E-state index contributed by atoms with van der Waals surface area (Å²) in [6.07, 6.45) is 8.82. The Kier molecular flexibility index (Phi) is 6.69. The third-order valence-corrected chi connectivity index (χ3v) is 4.42. The molecule has 2 rings (SSSR count). The van der Waals surface area contributed by atoms with Gasteiger partial charge in [0.2, 0.25) is 0 Å². The van der Waals surface area contributed by atoms with Crippen LogP contribution in [0.25, 0.3) is 11.3 Å². The molecule has 0 N–H and O–H groups in total. The highest BCUT2D eigenvalue weighted by atomic mass is 19.1. The minimum absolute atomic E-state index is 0.353. The molecule has 0 aliphatic rings. The molecular weight excluding hydrogens is 292 g/mol. The van der Waals surface area contributed by atoms with E-state index in [4.69, 9.17) is 0 Å². The number of aromatic nitrogens is 1. The highest BCUT2D eigenvalue weighted by molar-refractivity contribution is 5.60. The number of unbranched alkanes of at least 4 members (excludes halogenated alkanes) is 1. The Bertz CT molecular complexity index is 625. The Labute approximate surface area is 137 Å². The standard InChI is InChI=1S/C20H25F2N/c1-3-5-6-15(4-2)7-8-16-11-12-23-20(13-16)18-10-9-17(21)14-19(18)22/h9-15H,3-8H2,1-2H3. The largest absolute Gasteiger partial charge is 0.256 e. The third kappa shape index (κ3) is 5.12. The molecule has 1 nitrogen and oxygen atoms in total.